The van der Waals surface area contributed by atoms with E-state index in [0.717, 1.165) is 23.0 Å². The number of hydrogen-bond donors (Lipinski definition) is 0. The van der Waals surface area contributed by atoms with Gasteiger partial charge in [0.15, 0.2) is 0 Å². The van der Waals surface area contributed by atoms with E-state index in [1.165, 1.54) is 0 Å². The van der Waals surface area contributed by atoms with Crippen molar-refractivity contribution < 1.29 is 4.79 Å². The molecule has 2 aromatic carbocycles. The van der Waals surface area contributed by atoms with E-state index in [1.807, 2.05) is 71.0 Å². The Hall–Kier alpha value is -2.86. The quantitative estimate of drug-likeness (QED) is 0.699. The summed E-state index contributed by atoms with van der Waals surface area (Å²) in [5.74, 6) is 1.68. The van der Waals surface area contributed by atoms with E-state index in [9.17, 15) is 4.79 Å². The fourth-order valence-corrected chi connectivity index (χ4v) is 3.45. The van der Waals surface area contributed by atoms with Gasteiger partial charge in [0.2, 0.25) is 5.95 Å². The lowest BCUT2D eigenvalue weighted by molar-refractivity contribution is 0.0746. The van der Waals surface area contributed by atoms with Crippen LogP contribution < -0.4 is 4.90 Å². The molecule has 6 nitrogen and oxygen atoms in total. The molecule has 1 fully saturated rings. The molecule has 7 heteroatoms. The van der Waals surface area contributed by atoms with E-state index in [2.05, 4.69) is 15.1 Å². The number of amides is 1. The number of carbonyl (C=O) groups excluding carboxylic acids is 1. The van der Waals surface area contributed by atoms with Gasteiger partial charge >= 0.3 is 0 Å². The summed E-state index contributed by atoms with van der Waals surface area (Å²) in [6.45, 7) is 4.66. The number of aromatic nitrogens is 3. The van der Waals surface area contributed by atoms with Crippen molar-refractivity contribution in [2.45, 2.75) is 6.92 Å². The molecule has 0 bridgehead atoms. The summed E-state index contributed by atoms with van der Waals surface area (Å²) in [5, 5.41) is 9.31. The number of rotatable bonds is 3. The zero-order chi connectivity index (χ0) is 18.8. The number of aryl methyl sites for hydroxylation is 1. The van der Waals surface area contributed by atoms with Crippen LogP contribution in [0.5, 0.6) is 0 Å². The predicted molar refractivity (Wildman–Crippen MR) is 106 cm³/mol. The maximum absolute atomic E-state index is 12.6. The minimum Gasteiger partial charge on any atom is -0.337 e. The third-order valence-corrected chi connectivity index (χ3v) is 5.02. The lowest BCUT2D eigenvalue weighted by Gasteiger charge is -2.35. The molecule has 1 aromatic heterocycles. The Kier molecular flexibility index (Phi) is 4.81. The molecule has 2 heterocycles. The zero-order valence-corrected chi connectivity index (χ0v) is 15.8. The van der Waals surface area contributed by atoms with Crippen LogP contribution in [-0.2, 0) is 0 Å². The molecule has 0 spiro atoms. The molecule has 1 aliphatic rings. The van der Waals surface area contributed by atoms with E-state index in [1.54, 1.807) is 0 Å². The molecule has 4 rings (SSSR count). The smallest absolute Gasteiger partial charge is 0.253 e. The molecule has 0 radical (unpaired) electrons. The topological polar surface area (TPSA) is 54.3 Å². The summed E-state index contributed by atoms with van der Waals surface area (Å²) in [6.07, 6.45) is 0. The Morgan fingerprint density at radius 2 is 1.59 bits per heavy atom. The first-order chi connectivity index (χ1) is 13.1. The number of hydrogen-bond acceptors (Lipinski definition) is 4. The molecule has 0 aliphatic carbocycles. The third-order valence-electron chi connectivity index (χ3n) is 4.76. The summed E-state index contributed by atoms with van der Waals surface area (Å²) < 4.78 is 2.02. The minimum atomic E-state index is 0.0746. The maximum Gasteiger partial charge on any atom is 0.253 e. The first kappa shape index (κ1) is 17.5. The third kappa shape index (κ3) is 3.53. The van der Waals surface area contributed by atoms with Gasteiger partial charge < -0.3 is 9.80 Å². The molecule has 1 aliphatic heterocycles. The second kappa shape index (κ2) is 7.40. The van der Waals surface area contributed by atoms with Crippen LogP contribution in [0.1, 0.15) is 16.2 Å². The van der Waals surface area contributed by atoms with Crippen LogP contribution >= 0.6 is 11.6 Å². The summed E-state index contributed by atoms with van der Waals surface area (Å²) in [4.78, 5) is 16.7. The maximum atomic E-state index is 12.6. The van der Waals surface area contributed by atoms with Gasteiger partial charge in [-0.1, -0.05) is 29.8 Å². The predicted octanol–water partition coefficient (Wildman–Crippen LogP) is 3.19. The van der Waals surface area contributed by atoms with Crippen LogP contribution in [0.15, 0.2) is 54.6 Å². The number of piperazine rings is 1. The second-order valence-corrected chi connectivity index (χ2v) is 6.94. The van der Waals surface area contributed by atoms with Crippen LogP contribution in [0, 0.1) is 6.92 Å². The Morgan fingerprint density at radius 3 is 2.26 bits per heavy atom. The summed E-state index contributed by atoms with van der Waals surface area (Å²) in [5.41, 5.74) is 1.70. The van der Waals surface area contributed by atoms with Gasteiger partial charge in [-0.3, -0.25) is 9.36 Å². The highest BCUT2D eigenvalue weighted by Gasteiger charge is 2.25. The Bertz CT molecular complexity index is 931. The van der Waals surface area contributed by atoms with Crippen molar-refractivity contribution in [3.05, 3.63) is 71.0 Å². The molecule has 27 heavy (non-hydrogen) atoms. The lowest BCUT2D eigenvalue weighted by atomic mass is 10.2. The lowest BCUT2D eigenvalue weighted by Crippen LogP contribution is -2.49. The molecular formula is C20H20ClN5O. The number of benzene rings is 2. The summed E-state index contributed by atoms with van der Waals surface area (Å²) >= 11 is 6.01. The largest absolute Gasteiger partial charge is 0.337 e. The number of carbonyl (C=O) groups is 1. The van der Waals surface area contributed by atoms with E-state index < -0.39 is 0 Å². The van der Waals surface area contributed by atoms with Crippen LogP contribution in [0.2, 0.25) is 5.02 Å². The van der Waals surface area contributed by atoms with Crippen molar-refractivity contribution in [3.63, 3.8) is 0 Å². The first-order valence-electron chi connectivity index (χ1n) is 8.91. The molecule has 3 aromatic rings. The monoisotopic (exact) mass is 381 g/mol. The van der Waals surface area contributed by atoms with Crippen molar-refractivity contribution in [2.24, 2.45) is 0 Å². The van der Waals surface area contributed by atoms with Gasteiger partial charge in [0, 0.05) is 36.8 Å². The highest BCUT2D eigenvalue weighted by atomic mass is 35.5. The fourth-order valence-electron chi connectivity index (χ4n) is 3.32. The summed E-state index contributed by atoms with van der Waals surface area (Å²) in [6, 6.07) is 17.0. The first-order valence-corrected chi connectivity index (χ1v) is 9.28. The van der Waals surface area contributed by atoms with Gasteiger partial charge in [-0.05, 0) is 43.3 Å². The average Bonchev–Trinajstić information content (AvgIpc) is 3.10. The van der Waals surface area contributed by atoms with Crippen LogP contribution in [0.25, 0.3) is 5.69 Å². The number of anilines is 1. The fraction of sp³-hybridized carbons (Fsp3) is 0.250. The number of halogens is 1. The highest BCUT2D eigenvalue weighted by molar-refractivity contribution is 6.30. The standard InChI is InChI=1S/C20H20ClN5O/c1-15-22-23-20(26(15)18-9-7-17(21)8-10-18)25-13-11-24(12-14-25)19(27)16-5-3-2-4-6-16/h2-10H,11-14H2,1H3. The van der Waals surface area contributed by atoms with Crippen molar-refractivity contribution >= 4 is 23.5 Å². The molecule has 1 amide bonds. The van der Waals surface area contributed by atoms with Gasteiger partial charge in [-0.15, -0.1) is 10.2 Å². The summed E-state index contributed by atoms with van der Waals surface area (Å²) in [7, 11) is 0. The highest BCUT2D eigenvalue weighted by Crippen LogP contribution is 2.23. The van der Waals surface area contributed by atoms with Crippen LogP contribution in [0.4, 0.5) is 5.95 Å². The van der Waals surface area contributed by atoms with Crippen molar-refractivity contribution in [2.75, 3.05) is 31.1 Å². The SMILES string of the molecule is Cc1nnc(N2CCN(C(=O)c3ccccc3)CC2)n1-c1ccc(Cl)cc1. The molecule has 0 saturated carbocycles. The van der Waals surface area contributed by atoms with E-state index >= 15 is 0 Å². The molecule has 0 unspecified atom stereocenters. The van der Waals surface area contributed by atoms with Crippen molar-refractivity contribution in [1.29, 1.82) is 0 Å². The van der Waals surface area contributed by atoms with Gasteiger partial charge in [-0.2, -0.15) is 0 Å². The van der Waals surface area contributed by atoms with E-state index in [0.29, 0.717) is 31.2 Å². The Labute approximate surface area is 163 Å². The molecule has 0 atom stereocenters. The number of nitrogens with zero attached hydrogens (tertiary/aromatic N) is 5. The van der Waals surface area contributed by atoms with Gasteiger partial charge in [-0.25, -0.2) is 0 Å². The van der Waals surface area contributed by atoms with Gasteiger partial charge in [0.05, 0.1) is 5.69 Å². The second-order valence-electron chi connectivity index (χ2n) is 6.50. The average molecular weight is 382 g/mol. The normalized spacial score (nSPS) is 14.4. The van der Waals surface area contributed by atoms with E-state index in [4.69, 9.17) is 11.6 Å². The van der Waals surface area contributed by atoms with Gasteiger partial charge in [0.1, 0.15) is 5.82 Å². The Balaban J connectivity index is 1.51. The van der Waals surface area contributed by atoms with Gasteiger partial charge in [0.25, 0.3) is 5.91 Å². The van der Waals surface area contributed by atoms with Crippen LogP contribution in [-0.4, -0.2) is 51.8 Å². The molecule has 1 saturated heterocycles. The van der Waals surface area contributed by atoms with Crippen molar-refractivity contribution in [1.82, 2.24) is 19.7 Å². The molecular weight excluding hydrogens is 362 g/mol. The minimum absolute atomic E-state index is 0.0746. The molecule has 0 N–H and O–H groups in total. The van der Waals surface area contributed by atoms with Crippen molar-refractivity contribution in [3.8, 4) is 5.69 Å². The Morgan fingerprint density at radius 1 is 0.926 bits per heavy atom. The molecule has 138 valence electrons. The van der Waals surface area contributed by atoms with Crippen LogP contribution in [0.3, 0.4) is 0 Å². The zero-order valence-electron chi connectivity index (χ0n) is 15.0. The van der Waals surface area contributed by atoms with E-state index in [-0.39, 0.29) is 5.91 Å².